The molecule has 0 unspecified atom stereocenters. The molecule has 0 saturated carbocycles. The van der Waals surface area contributed by atoms with Gasteiger partial charge in [0.15, 0.2) is 0 Å². The van der Waals surface area contributed by atoms with Crippen LogP contribution < -0.4 is 0 Å². The maximum Gasteiger partial charge on any atom is 0.213 e. The molecular weight excluding hydrogens is 84.0 g/mol. The van der Waals surface area contributed by atoms with E-state index in [4.69, 9.17) is 10.2 Å². The van der Waals surface area contributed by atoms with Crippen molar-refractivity contribution in [1.29, 1.82) is 0 Å². The summed E-state index contributed by atoms with van der Waals surface area (Å²) in [5.74, 6) is -1.15. The van der Waals surface area contributed by atoms with Crippen LogP contribution in [0.25, 0.3) is 0 Å². The first-order valence-electron chi connectivity index (χ1n) is 1.74. The van der Waals surface area contributed by atoms with Gasteiger partial charge in [-0.2, -0.15) is 0 Å². The second-order valence-electron chi connectivity index (χ2n) is 1.39. The summed E-state index contributed by atoms with van der Waals surface area (Å²) in [6, 6.07) is 0. The first-order chi connectivity index (χ1) is 2.77. The molecule has 1 heterocycles. The highest BCUT2D eigenvalue weighted by atomic mass is 16.7. The molecule has 1 aliphatic rings. The van der Waals surface area contributed by atoms with Crippen molar-refractivity contribution in [1.82, 2.24) is 0 Å². The molecule has 6 heavy (non-hydrogen) atoms. The van der Waals surface area contributed by atoms with Gasteiger partial charge in [0, 0.05) is 0 Å². The van der Waals surface area contributed by atoms with E-state index in [9.17, 15) is 0 Å². The molecule has 0 radical (unpaired) electrons. The Labute approximate surface area is 35.2 Å². The molecule has 0 bridgehead atoms. The van der Waals surface area contributed by atoms with Crippen LogP contribution in [0.1, 0.15) is 0 Å². The summed E-state index contributed by atoms with van der Waals surface area (Å²) in [5, 5.41) is 16.6. The van der Waals surface area contributed by atoms with Crippen molar-refractivity contribution >= 4 is 0 Å². The van der Waals surface area contributed by atoms with Gasteiger partial charge in [0.1, 0.15) is 6.61 Å². The third kappa shape index (κ3) is 0.518. The standard InChI is InChI=1S/C3H6O3/c4-1-3(5)2-6-3/h4-5H,1-2H2/t3-/m1/s1. The monoisotopic (exact) mass is 90.0 g/mol. The van der Waals surface area contributed by atoms with E-state index in [0.29, 0.717) is 0 Å². The lowest BCUT2D eigenvalue weighted by Gasteiger charge is -1.91. The molecule has 0 aromatic rings. The van der Waals surface area contributed by atoms with Gasteiger partial charge in [0.25, 0.3) is 0 Å². The van der Waals surface area contributed by atoms with Crippen molar-refractivity contribution in [3.63, 3.8) is 0 Å². The molecule has 0 aromatic carbocycles. The molecule has 3 heteroatoms. The van der Waals surface area contributed by atoms with Crippen LogP contribution >= 0.6 is 0 Å². The molecule has 0 amide bonds. The zero-order chi connectivity index (χ0) is 4.62. The summed E-state index contributed by atoms with van der Waals surface area (Å²) in [4.78, 5) is 0. The Morgan fingerprint density at radius 1 is 1.83 bits per heavy atom. The molecule has 1 atom stereocenters. The van der Waals surface area contributed by atoms with Crippen LogP contribution in [-0.4, -0.2) is 29.2 Å². The summed E-state index contributed by atoms with van der Waals surface area (Å²) in [6.07, 6.45) is 0. The van der Waals surface area contributed by atoms with Gasteiger partial charge in [-0.05, 0) is 0 Å². The highest BCUT2D eigenvalue weighted by molar-refractivity contribution is 4.76. The lowest BCUT2D eigenvalue weighted by atomic mass is 10.4. The normalized spacial score (nSPS) is 43.0. The van der Waals surface area contributed by atoms with Gasteiger partial charge >= 0.3 is 0 Å². The van der Waals surface area contributed by atoms with Crippen LogP contribution in [-0.2, 0) is 4.74 Å². The first-order valence-corrected chi connectivity index (χ1v) is 1.74. The number of aliphatic hydroxyl groups is 2. The summed E-state index contributed by atoms with van der Waals surface area (Å²) in [7, 11) is 0. The Hall–Kier alpha value is -0.120. The quantitative estimate of drug-likeness (QED) is 0.393. The smallest absolute Gasteiger partial charge is 0.213 e. The summed E-state index contributed by atoms with van der Waals surface area (Å²) >= 11 is 0. The van der Waals surface area contributed by atoms with Gasteiger partial charge in [-0.3, -0.25) is 0 Å². The van der Waals surface area contributed by atoms with E-state index in [0.717, 1.165) is 0 Å². The van der Waals surface area contributed by atoms with E-state index >= 15 is 0 Å². The van der Waals surface area contributed by atoms with Gasteiger partial charge in [0.2, 0.25) is 5.79 Å². The van der Waals surface area contributed by atoms with Gasteiger partial charge in [-0.25, -0.2) is 0 Å². The predicted molar refractivity (Wildman–Crippen MR) is 18.0 cm³/mol. The van der Waals surface area contributed by atoms with Gasteiger partial charge < -0.3 is 14.9 Å². The van der Waals surface area contributed by atoms with E-state index < -0.39 is 5.79 Å². The largest absolute Gasteiger partial charge is 0.391 e. The fourth-order valence-corrected chi connectivity index (χ4v) is 0.175. The molecule has 0 spiro atoms. The minimum Gasteiger partial charge on any atom is -0.391 e. The van der Waals surface area contributed by atoms with Gasteiger partial charge in [0.05, 0.1) is 6.61 Å². The molecule has 36 valence electrons. The van der Waals surface area contributed by atoms with E-state index in [1.165, 1.54) is 0 Å². The molecule has 3 nitrogen and oxygen atoms in total. The number of hydrogen-bond acceptors (Lipinski definition) is 3. The maximum absolute atomic E-state index is 8.47. The SMILES string of the molecule is OC[C@]1(O)CO1. The second kappa shape index (κ2) is 0.932. The van der Waals surface area contributed by atoms with Crippen molar-refractivity contribution in [3.8, 4) is 0 Å². The maximum atomic E-state index is 8.47. The van der Waals surface area contributed by atoms with E-state index in [1.54, 1.807) is 0 Å². The van der Waals surface area contributed by atoms with Crippen molar-refractivity contribution in [2.24, 2.45) is 0 Å². The molecular formula is C3H6O3. The minimum atomic E-state index is -1.15. The lowest BCUT2D eigenvalue weighted by Crippen LogP contribution is -2.13. The van der Waals surface area contributed by atoms with Gasteiger partial charge in [-0.15, -0.1) is 0 Å². The van der Waals surface area contributed by atoms with E-state index in [-0.39, 0.29) is 13.2 Å². The number of epoxide rings is 1. The number of aliphatic hydroxyl groups excluding tert-OH is 1. The van der Waals surface area contributed by atoms with Crippen LogP contribution in [0, 0.1) is 0 Å². The zero-order valence-electron chi connectivity index (χ0n) is 3.22. The zero-order valence-corrected chi connectivity index (χ0v) is 3.22. The average molecular weight is 90.1 g/mol. The third-order valence-electron chi connectivity index (χ3n) is 0.725. The fourth-order valence-electron chi connectivity index (χ4n) is 0.175. The number of rotatable bonds is 1. The minimum absolute atomic E-state index is 0.281. The molecule has 1 rings (SSSR count). The second-order valence-corrected chi connectivity index (χ2v) is 1.39. The van der Waals surface area contributed by atoms with E-state index in [1.807, 2.05) is 0 Å². The average Bonchev–Trinajstić information content (AvgIpc) is 2.22. The summed E-state index contributed by atoms with van der Waals surface area (Å²) in [6.45, 7) is -0.00347. The Kier molecular flexibility index (Phi) is 0.629. The van der Waals surface area contributed by atoms with Gasteiger partial charge in [-0.1, -0.05) is 0 Å². The molecule has 1 fully saturated rings. The number of ether oxygens (including phenoxy) is 1. The van der Waals surface area contributed by atoms with Crippen LogP contribution in [0.2, 0.25) is 0 Å². The first kappa shape index (κ1) is 4.05. The predicted octanol–water partition coefficient (Wildman–Crippen LogP) is -1.30. The summed E-state index contributed by atoms with van der Waals surface area (Å²) in [5.41, 5.74) is 0. The third-order valence-corrected chi connectivity index (χ3v) is 0.725. The lowest BCUT2D eigenvalue weighted by molar-refractivity contribution is -0.0129. The van der Waals surface area contributed by atoms with Crippen molar-refractivity contribution in [2.75, 3.05) is 13.2 Å². The topological polar surface area (TPSA) is 53.0 Å². The molecule has 0 aliphatic carbocycles. The van der Waals surface area contributed by atoms with E-state index in [2.05, 4.69) is 4.74 Å². The fraction of sp³-hybridized carbons (Fsp3) is 1.00. The van der Waals surface area contributed by atoms with Crippen LogP contribution in [0.4, 0.5) is 0 Å². The molecule has 2 N–H and O–H groups in total. The highest BCUT2D eigenvalue weighted by Crippen LogP contribution is 2.20. The highest BCUT2D eigenvalue weighted by Gasteiger charge is 2.41. The number of hydrogen-bond donors (Lipinski definition) is 2. The van der Waals surface area contributed by atoms with Crippen molar-refractivity contribution < 1.29 is 14.9 Å². The Morgan fingerprint density at radius 2 is 2.33 bits per heavy atom. The Balaban J connectivity index is 2.28. The van der Waals surface area contributed by atoms with Crippen LogP contribution in [0.5, 0.6) is 0 Å². The Bertz CT molecular complexity index is 57.1. The van der Waals surface area contributed by atoms with Crippen LogP contribution in [0.3, 0.4) is 0 Å². The molecule has 0 aromatic heterocycles. The van der Waals surface area contributed by atoms with Crippen molar-refractivity contribution in [2.45, 2.75) is 5.79 Å². The van der Waals surface area contributed by atoms with Crippen molar-refractivity contribution in [3.05, 3.63) is 0 Å². The molecule has 1 saturated heterocycles. The molecule has 1 aliphatic heterocycles. The summed E-state index contributed by atoms with van der Waals surface area (Å²) < 4.78 is 4.35. The van der Waals surface area contributed by atoms with Crippen LogP contribution in [0.15, 0.2) is 0 Å². The Morgan fingerprint density at radius 3 is 2.33 bits per heavy atom.